The van der Waals surface area contributed by atoms with Gasteiger partial charge >= 0.3 is 0 Å². The van der Waals surface area contributed by atoms with Gasteiger partial charge in [0.1, 0.15) is 5.52 Å². The van der Waals surface area contributed by atoms with Gasteiger partial charge in [0.05, 0.1) is 5.38 Å². The van der Waals surface area contributed by atoms with E-state index in [1.54, 1.807) is 4.90 Å². The predicted octanol–water partition coefficient (Wildman–Crippen LogP) is 2.17. The molecule has 2 aromatic rings. The lowest BCUT2D eigenvalue weighted by Crippen LogP contribution is -2.24. The van der Waals surface area contributed by atoms with Gasteiger partial charge in [-0.2, -0.15) is 0 Å². The zero-order valence-corrected chi connectivity index (χ0v) is 9.15. The fraction of sp³-hybridized carbons (Fsp3) is 0.273. The number of carbonyl (C=O) groups is 1. The highest BCUT2D eigenvalue weighted by atomic mass is 35.5. The molecule has 1 atom stereocenters. The molecule has 0 spiro atoms. The van der Waals surface area contributed by atoms with Crippen molar-refractivity contribution in [3.63, 3.8) is 0 Å². The standard InChI is InChI=1S/C11H9ClN2O2/c12-7-3-11(15)14(5-7)8-1-2-9-10(4-8)16-6-13-9/h1-2,4,6-7H,3,5H2. The zero-order valence-electron chi connectivity index (χ0n) is 8.39. The molecule has 1 unspecified atom stereocenters. The summed E-state index contributed by atoms with van der Waals surface area (Å²) in [6.45, 7) is 0.556. The molecule has 0 N–H and O–H groups in total. The van der Waals surface area contributed by atoms with Crippen LogP contribution in [0.3, 0.4) is 0 Å². The zero-order chi connectivity index (χ0) is 11.1. The first-order valence-corrected chi connectivity index (χ1v) is 5.45. The average molecular weight is 237 g/mol. The molecule has 1 amide bonds. The highest BCUT2D eigenvalue weighted by Gasteiger charge is 2.29. The van der Waals surface area contributed by atoms with E-state index in [0.717, 1.165) is 11.2 Å². The van der Waals surface area contributed by atoms with Crippen molar-refractivity contribution < 1.29 is 9.21 Å². The van der Waals surface area contributed by atoms with E-state index in [-0.39, 0.29) is 11.3 Å². The number of hydrogen-bond donors (Lipinski definition) is 0. The Kier molecular flexibility index (Phi) is 2.11. The maximum atomic E-state index is 11.7. The van der Waals surface area contributed by atoms with E-state index < -0.39 is 0 Å². The van der Waals surface area contributed by atoms with Crippen LogP contribution in [0.25, 0.3) is 11.1 Å². The number of fused-ring (bicyclic) bond motifs is 1. The van der Waals surface area contributed by atoms with Gasteiger partial charge in [0.2, 0.25) is 5.91 Å². The maximum absolute atomic E-state index is 11.7. The summed E-state index contributed by atoms with van der Waals surface area (Å²) < 4.78 is 5.20. The van der Waals surface area contributed by atoms with Crippen molar-refractivity contribution in [3.05, 3.63) is 24.6 Å². The summed E-state index contributed by atoms with van der Waals surface area (Å²) in [5, 5.41) is -0.0991. The second kappa shape index (κ2) is 3.49. The normalized spacial score (nSPS) is 20.9. The molecule has 0 bridgehead atoms. The molecule has 1 aliphatic heterocycles. The SMILES string of the molecule is O=C1CC(Cl)CN1c1ccc2ncoc2c1. The first-order chi connectivity index (χ1) is 7.74. The van der Waals surface area contributed by atoms with Crippen LogP contribution in [0.2, 0.25) is 0 Å². The van der Waals surface area contributed by atoms with Crippen molar-refractivity contribution in [1.82, 2.24) is 4.98 Å². The molecule has 0 radical (unpaired) electrons. The van der Waals surface area contributed by atoms with E-state index in [4.69, 9.17) is 16.0 Å². The number of carbonyl (C=O) groups excluding carboxylic acids is 1. The van der Waals surface area contributed by atoms with Crippen LogP contribution in [-0.2, 0) is 4.79 Å². The van der Waals surface area contributed by atoms with E-state index in [2.05, 4.69) is 4.98 Å². The molecule has 0 aliphatic carbocycles. The van der Waals surface area contributed by atoms with Crippen LogP contribution < -0.4 is 4.90 Å². The average Bonchev–Trinajstić information content (AvgIpc) is 2.83. The Morgan fingerprint density at radius 3 is 3.12 bits per heavy atom. The van der Waals surface area contributed by atoms with Crippen LogP contribution in [-0.4, -0.2) is 22.8 Å². The van der Waals surface area contributed by atoms with Crippen molar-refractivity contribution in [2.24, 2.45) is 0 Å². The summed E-state index contributed by atoms with van der Waals surface area (Å²) in [7, 11) is 0. The van der Waals surface area contributed by atoms with E-state index in [1.165, 1.54) is 6.39 Å². The van der Waals surface area contributed by atoms with Gasteiger partial charge in [0.15, 0.2) is 12.0 Å². The Bertz CT molecular complexity index is 552. The molecule has 4 nitrogen and oxygen atoms in total. The Balaban J connectivity index is 2.02. The lowest BCUT2D eigenvalue weighted by molar-refractivity contribution is -0.117. The van der Waals surface area contributed by atoms with Gasteiger partial charge in [-0.1, -0.05) is 0 Å². The lowest BCUT2D eigenvalue weighted by atomic mass is 10.2. The predicted molar refractivity (Wildman–Crippen MR) is 60.6 cm³/mol. The van der Waals surface area contributed by atoms with Crippen LogP contribution >= 0.6 is 11.6 Å². The first-order valence-electron chi connectivity index (χ1n) is 5.02. The van der Waals surface area contributed by atoms with Crippen LogP contribution in [0.1, 0.15) is 6.42 Å². The fourth-order valence-electron chi connectivity index (χ4n) is 1.93. The van der Waals surface area contributed by atoms with Crippen LogP contribution in [0, 0.1) is 0 Å². The largest absolute Gasteiger partial charge is 0.443 e. The molecule has 16 heavy (non-hydrogen) atoms. The Morgan fingerprint density at radius 1 is 1.50 bits per heavy atom. The molecule has 2 heterocycles. The molecular weight excluding hydrogens is 228 g/mol. The number of amides is 1. The second-order valence-corrected chi connectivity index (χ2v) is 4.43. The van der Waals surface area contributed by atoms with Gasteiger partial charge in [-0.25, -0.2) is 4.98 Å². The fourth-order valence-corrected chi connectivity index (χ4v) is 2.20. The molecule has 1 aromatic carbocycles. The van der Waals surface area contributed by atoms with Crippen molar-refractivity contribution in [3.8, 4) is 0 Å². The van der Waals surface area contributed by atoms with Crippen molar-refractivity contribution in [2.75, 3.05) is 11.4 Å². The highest BCUT2D eigenvalue weighted by molar-refractivity contribution is 6.24. The van der Waals surface area contributed by atoms with Gasteiger partial charge in [-0.15, -0.1) is 11.6 Å². The molecule has 1 aliphatic rings. The molecule has 5 heteroatoms. The summed E-state index contributed by atoms with van der Waals surface area (Å²) in [5.74, 6) is 0.0545. The number of aromatic nitrogens is 1. The molecule has 0 saturated carbocycles. The Hall–Kier alpha value is -1.55. The smallest absolute Gasteiger partial charge is 0.228 e. The molecule has 1 saturated heterocycles. The lowest BCUT2D eigenvalue weighted by Gasteiger charge is -2.15. The number of nitrogens with zero attached hydrogens (tertiary/aromatic N) is 2. The Labute approximate surface area is 96.8 Å². The van der Waals surface area contributed by atoms with Gasteiger partial charge in [0.25, 0.3) is 0 Å². The summed E-state index contributed by atoms with van der Waals surface area (Å²) in [6.07, 6.45) is 1.79. The van der Waals surface area contributed by atoms with E-state index >= 15 is 0 Å². The maximum Gasteiger partial charge on any atom is 0.228 e. The van der Waals surface area contributed by atoms with E-state index in [9.17, 15) is 4.79 Å². The van der Waals surface area contributed by atoms with Gasteiger partial charge in [0, 0.05) is 24.7 Å². The van der Waals surface area contributed by atoms with Crippen molar-refractivity contribution in [1.29, 1.82) is 0 Å². The third-order valence-corrected chi connectivity index (χ3v) is 3.00. The molecule has 82 valence electrons. The number of hydrogen-bond acceptors (Lipinski definition) is 3. The van der Waals surface area contributed by atoms with Gasteiger partial charge < -0.3 is 9.32 Å². The monoisotopic (exact) mass is 236 g/mol. The number of rotatable bonds is 1. The summed E-state index contributed by atoms with van der Waals surface area (Å²) in [6, 6.07) is 5.51. The first kappa shape index (κ1) is 9.66. The molecule has 3 rings (SSSR count). The third kappa shape index (κ3) is 1.46. The summed E-state index contributed by atoms with van der Waals surface area (Å²) in [4.78, 5) is 17.4. The number of benzene rings is 1. The number of alkyl halides is 1. The van der Waals surface area contributed by atoms with Gasteiger partial charge in [-0.05, 0) is 12.1 Å². The second-order valence-electron chi connectivity index (χ2n) is 3.81. The van der Waals surface area contributed by atoms with Crippen molar-refractivity contribution >= 4 is 34.3 Å². The van der Waals surface area contributed by atoms with E-state index in [0.29, 0.717) is 18.5 Å². The number of oxazole rings is 1. The topological polar surface area (TPSA) is 46.3 Å². The van der Waals surface area contributed by atoms with Crippen LogP contribution in [0.4, 0.5) is 5.69 Å². The minimum atomic E-state index is -0.0991. The summed E-state index contributed by atoms with van der Waals surface area (Å²) in [5.41, 5.74) is 2.29. The molecular formula is C11H9ClN2O2. The minimum absolute atomic E-state index is 0.0545. The van der Waals surface area contributed by atoms with Crippen LogP contribution in [0.5, 0.6) is 0 Å². The number of halogens is 1. The third-order valence-electron chi connectivity index (χ3n) is 2.70. The molecule has 1 fully saturated rings. The Morgan fingerprint density at radius 2 is 2.38 bits per heavy atom. The van der Waals surface area contributed by atoms with Crippen molar-refractivity contribution in [2.45, 2.75) is 11.8 Å². The highest BCUT2D eigenvalue weighted by Crippen LogP contribution is 2.26. The quantitative estimate of drug-likeness (QED) is 0.713. The molecule has 1 aromatic heterocycles. The van der Waals surface area contributed by atoms with E-state index in [1.807, 2.05) is 18.2 Å². The van der Waals surface area contributed by atoms with Crippen LogP contribution in [0.15, 0.2) is 29.0 Å². The minimum Gasteiger partial charge on any atom is -0.443 e. The van der Waals surface area contributed by atoms with Gasteiger partial charge in [-0.3, -0.25) is 4.79 Å². The number of anilines is 1. The summed E-state index contributed by atoms with van der Waals surface area (Å²) >= 11 is 5.95.